The molecule has 21 heavy (non-hydrogen) atoms. The molecule has 0 saturated heterocycles. The highest BCUT2D eigenvalue weighted by molar-refractivity contribution is 5.41. The molecule has 2 rings (SSSR count). The third-order valence-electron chi connectivity index (χ3n) is 3.81. The van der Waals surface area contributed by atoms with Crippen LogP contribution >= 0.6 is 0 Å². The van der Waals surface area contributed by atoms with Gasteiger partial charge in [0.25, 0.3) is 0 Å². The number of nitrogens with zero attached hydrogens (tertiary/aromatic N) is 5. The van der Waals surface area contributed by atoms with Crippen molar-refractivity contribution in [1.82, 2.24) is 19.7 Å². The molecule has 2 aromatic heterocycles. The number of rotatable bonds is 5. The van der Waals surface area contributed by atoms with Crippen LogP contribution in [0.1, 0.15) is 41.8 Å². The van der Waals surface area contributed by atoms with E-state index in [2.05, 4.69) is 47.8 Å². The number of hydrogen-bond donors (Lipinski definition) is 0. The molecule has 114 valence electrons. The second-order valence-electron chi connectivity index (χ2n) is 5.66. The third kappa shape index (κ3) is 3.40. The first kappa shape index (κ1) is 15.5. The van der Waals surface area contributed by atoms with Crippen LogP contribution in [-0.2, 0) is 20.0 Å². The van der Waals surface area contributed by atoms with Crippen molar-refractivity contribution in [3.8, 4) is 0 Å². The molecule has 5 nitrogen and oxygen atoms in total. The summed E-state index contributed by atoms with van der Waals surface area (Å²) in [6.45, 7) is 9.16. The fourth-order valence-electron chi connectivity index (χ4n) is 2.51. The smallest absolute Gasteiger partial charge is 0.132 e. The maximum atomic E-state index is 4.67. The lowest BCUT2D eigenvalue weighted by atomic mass is 10.2. The average molecular weight is 287 g/mol. The van der Waals surface area contributed by atoms with Gasteiger partial charge >= 0.3 is 0 Å². The van der Waals surface area contributed by atoms with E-state index in [4.69, 9.17) is 0 Å². The average Bonchev–Trinajstić information content (AvgIpc) is 2.65. The van der Waals surface area contributed by atoms with Crippen molar-refractivity contribution in [1.29, 1.82) is 0 Å². The molecule has 0 N–H and O–H groups in total. The van der Waals surface area contributed by atoms with Gasteiger partial charge in [0.05, 0.1) is 5.69 Å². The SMILES string of the molecule is CCCc1nc(C)cc(N(C)Cc2c(C)nn(C)c2C)n1. The fourth-order valence-corrected chi connectivity index (χ4v) is 2.51. The summed E-state index contributed by atoms with van der Waals surface area (Å²) in [7, 11) is 4.06. The Balaban J connectivity index is 2.25. The predicted molar refractivity (Wildman–Crippen MR) is 85.6 cm³/mol. The van der Waals surface area contributed by atoms with Gasteiger partial charge in [-0.3, -0.25) is 4.68 Å². The summed E-state index contributed by atoms with van der Waals surface area (Å²) in [6.07, 6.45) is 1.99. The molecule has 0 aliphatic heterocycles. The molecule has 0 bridgehead atoms. The summed E-state index contributed by atoms with van der Waals surface area (Å²) in [5.74, 6) is 1.91. The molecule has 0 atom stereocenters. The van der Waals surface area contributed by atoms with Crippen LogP contribution in [0.25, 0.3) is 0 Å². The normalized spacial score (nSPS) is 11.0. The maximum Gasteiger partial charge on any atom is 0.132 e. The summed E-state index contributed by atoms with van der Waals surface area (Å²) in [5.41, 5.74) is 4.59. The molecule has 0 aliphatic carbocycles. The molecule has 2 heterocycles. The van der Waals surface area contributed by atoms with Gasteiger partial charge < -0.3 is 4.90 Å². The highest BCUT2D eigenvalue weighted by atomic mass is 15.3. The summed E-state index contributed by atoms with van der Waals surface area (Å²) in [4.78, 5) is 11.3. The van der Waals surface area contributed by atoms with Crippen molar-refractivity contribution < 1.29 is 0 Å². The molecule has 0 fully saturated rings. The van der Waals surface area contributed by atoms with Crippen LogP contribution in [-0.4, -0.2) is 26.8 Å². The molecule has 0 radical (unpaired) electrons. The quantitative estimate of drug-likeness (QED) is 0.848. The third-order valence-corrected chi connectivity index (χ3v) is 3.81. The topological polar surface area (TPSA) is 46.8 Å². The Morgan fingerprint density at radius 2 is 1.90 bits per heavy atom. The first-order valence-corrected chi connectivity index (χ1v) is 7.47. The van der Waals surface area contributed by atoms with Gasteiger partial charge in [-0.25, -0.2) is 9.97 Å². The van der Waals surface area contributed by atoms with Gasteiger partial charge in [0.15, 0.2) is 0 Å². The van der Waals surface area contributed by atoms with Crippen LogP contribution in [0.4, 0.5) is 5.82 Å². The minimum absolute atomic E-state index is 0.813. The zero-order valence-electron chi connectivity index (χ0n) is 13.9. The largest absolute Gasteiger partial charge is 0.355 e. The predicted octanol–water partition coefficient (Wildman–Crippen LogP) is 2.72. The minimum Gasteiger partial charge on any atom is -0.355 e. The van der Waals surface area contributed by atoms with E-state index >= 15 is 0 Å². The Hall–Kier alpha value is -1.91. The van der Waals surface area contributed by atoms with E-state index < -0.39 is 0 Å². The van der Waals surface area contributed by atoms with Crippen LogP contribution in [0.5, 0.6) is 0 Å². The molecule has 0 aromatic carbocycles. The van der Waals surface area contributed by atoms with E-state index in [0.29, 0.717) is 0 Å². The molecule has 2 aromatic rings. The molecule has 0 spiro atoms. The van der Waals surface area contributed by atoms with Gasteiger partial charge in [0.2, 0.25) is 0 Å². The van der Waals surface area contributed by atoms with Crippen molar-refractivity contribution in [2.75, 3.05) is 11.9 Å². The second kappa shape index (κ2) is 6.24. The van der Waals surface area contributed by atoms with Crippen molar-refractivity contribution in [3.05, 3.63) is 34.5 Å². The van der Waals surface area contributed by atoms with Crippen LogP contribution < -0.4 is 4.90 Å². The standard InChI is InChI=1S/C16H25N5/c1-7-8-15-17-11(2)9-16(18-15)20(5)10-14-12(3)19-21(6)13(14)4/h9H,7-8,10H2,1-6H3. The lowest BCUT2D eigenvalue weighted by molar-refractivity contribution is 0.729. The number of anilines is 1. The molecular weight excluding hydrogens is 262 g/mol. The van der Waals surface area contributed by atoms with Crippen LogP contribution in [0.15, 0.2) is 6.07 Å². The summed E-state index contributed by atoms with van der Waals surface area (Å²) < 4.78 is 1.94. The van der Waals surface area contributed by atoms with Crippen LogP contribution in [0.3, 0.4) is 0 Å². The van der Waals surface area contributed by atoms with E-state index in [1.807, 2.05) is 24.7 Å². The van der Waals surface area contributed by atoms with Gasteiger partial charge in [0, 0.05) is 50.1 Å². The zero-order chi connectivity index (χ0) is 15.6. The van der Waals surface area contributed by atoms with Crippen molar-refractivity contribution in [3.63, 3.8) is 0 Å². The van der Waals surface area contributed by atoms with Crippen molar-refractivity contribution in [2.45, 2.75) is 47.1 Å². The van der Waals surface area contributed by atoms with E-state index in [-0.39, 0.29) is 0 Å². The lowest BCUT2D eigenvalue weighted by Crippen LogP contribution is -2.20. The number of aryl methyl sites for hydroxylation is 4. The number of hydrogen-bond acceptors (Lipinski definition) is 4. The Labute approximate surface area is 127 Å². The van der Waals surface area contributed by atoms with Crippen molar-refractivity contribution in [2.24, 2.45) is 7.05 Å². The molecule has 0 aliphatic rings. The number of aromatic nitrogens is 4. The maximum absolute atomic E-state index is 4.67. The Kier molecular flexibility index (Phi) is 4.60. The molecule has 0 amide bonds. The second-order valence-corrected chi connectivity index (χ2v) is 5.66. The molecule has 0 unspecified atom stereocenters. The molecular formula is C16H25N5. The van der Waals surface area contributed by atoms with Gasteiger partial charge in [0.1, 0.15) is 11.6 Å². The van der Waals surface area contributed by atoms with Crippen molar-refractivity contribution >= 4 is 5.82 Å². The minimum atomic E-state index is 0.813. The fraction of sp³-hybridized carbons (Fsp3) is 0.562. The molecule has 0 saturated carbocycles. The Bertz CT molecular complexity index is 630. The Morgan fingerprint density at radius 1 is 1.19 bits per heavy atom. The highest BCUT2D eigenvalue weighted by Gasteiger charge is 2.13. The summed E-state index contributed by atoms with van der Waals surface area (Å²) >= 11 is 0. The van der Waals surface area contributed by atoms with E-state index in [0.717, 1.165) is 42.4 Å². The summed E-state index contributed by atoms with van der Waals surface area (Å²) in [6, 6.07) is 2.04. The van der Waals surface area contributed by atoms with Gasteiger partial charge in [-0.2, -0.15) is 5.10 Å². The monoisotopic (exact) mass is 287 g/mol. The highest BCUT2D eigenvalue weighted by Crippen LogP contribution is 2.18. The molecule has 5 heteroatoms. The van der Waals surface area contributed by atoms with Gasteiger partial charge in [-0.05, 0) is 27.2 Å². The van der Waals surface area contributed by atoms with Crippen LogP contribution in [0.2, 0.25) is 0 Å². The van der Waals surface area contributed by atoms with E-state index in [9.17, 15) is 0 Å². The first-order chi connectivity index (χ1) is 9.92. The zero-order valence-corrected chi connectivity index (χ0v) is 13.9. The van der Waals surface area contributed by atoms with E-state index in [1.54, 1.807) is 0 Å². The summed E-state index contributed by atoms with van der Waals surface area (Å²) in [5, 5.41) is 4.48. The van der Waals surface area contributed by atoms with Crippen LogP contribution in [0, 0.1) is 20.8 Å². The first-order valence-electron chi connectivity index (χ1n) is 7.47. The van der Waals surface area contributed by atoms with E-state index in [1.165, 1.54) is 11.3 Å². The lowest BCUT2D eigenvalue weighted by Gasteiger charge is -2.19. The Morgan fingerprint density at radius 3 is 2.48 bits per heavy atom. The van der Waals surface area contributed by atoms with Gasteiger partial charge in [-0.1, -0.05) is 6.92 Å². The van der Waals surface area contributed by atoms with Gasteiger partial charge in [-0.15, -0.1) is 0 Å².